The van der Waals surface area contributed by atoms with E-state index in [2.05, 4.69) is 71.4 Å². The first-order chi connectivity index (χ1) is 10.1. The summed E-state index contributed by atoms with van der Waals surface area (Å²) in [6, 6.07) is 10.2. The van der Waals surface area contributed by atoms with Crippen LogP contribution in [0.2, 0.25) is 0 Å². The highest BCUT2D eigenvalue weighted by Crippen LogP contribution is 2.26. The van der Waals surface area contributed by atoms with E-state index in [1.165, 1.54) is 0 Å². The van der Waals surface area contributed by atoms with Crippen molar-refractivity contribution in [3.8, 4) is 0 Å². The average molecular weight is 407 g/mol. The van der Waals surface area contributed by atoms with Crippen LogP contribution in [0.4, 0.5) is 5.69 Å². The Hall–Kier alpha value is -1.46. The summed E-state index contributed by atoms with van der Waals surface area (Å²) in [5.41, 5.74) is 4.29. The third kappa shape index (κ3) is 3.09. The molecule has 0 unspecified atom stereocenters. The summed E-state index contributed by atoms with van der Waals surface area (Å²) in [7, 11) is 0. The molecule has 2 heterocycles. The summed E-state index contributed by atoms with van der Waals surface area (Å²) in [5.74, 6) is 0. The number of pyridine rings is 2. The number of nitrogens with one attached hydrogen (secondary N) is 1. The fourth-order valence-electron chi connectivity index (χ4n) is 2.19. The highest BCUT2D eigenvalue weighted by molar-refractivity contribution is 9.10. The number of fused-ring (bicyclic) bond motifs is 1. The van der Waals surface area contributed by atoms with Gasteiger partial charge in [-0.1, -0.05) is 28.1 Å². The molecule has 21 heavy (non-hydrogen) atoms. The van der Waals surface area contributed by atoms with Gasteiger partial charge in [0.1, 0.15) is 4.60 Å². The Kier molecular flexibility index (Phi) is 4.22. The molecule has 3 rings (SSSR count). The zero-order valence-electron chi connectivity index (χ0n) is 11.4. The predicted octanol–water partition coefficient (Wildman–Crippen LogP) is 5.08. The normalized spacial score (nSPS) is 10.8. The molecule has 106 valence electrons. The smallest absolute Gasteiger partial charge is 0.109 e. The largest absolute Gasteiger partial charge is 0.380 e. The molecule has 0 spiro atoms. The summed E-state index contributed by atoms with van der Waals surface area (Å²) in [6.45, 7) is 2.74. The van der Waals surface area contributed by atoms with E-state index in [0.29, 0.717) is 6.54 Å². The molecule has 5 heteroatoms. The molecule has 0 atom stereocenters. The van der Waals surface area contributed by atoms with Gasteiger partial charge in [0, 0.05) is 22.6 Å². The van der Waals surface area contributed by atoms with Gasteiger partial charge in [0.25, 0.3) is 0 Å². The third-order valence-electron chi connectivity index (χ3n) is 3.30. The van der Waals surface area contributed by atoms with Gasteiger partial charge in [0.05, 0.1) is 17.4 Å². The molecule has 2 aromatic heterocycles. The maximum Gasteiger partial charge on any atom is 0.109 e. The van der Waals surface area contributed by atoms with Crippen LogP contribution in [-0.4, -0.2) is 9.97 Å². The fraction of sp³-hybridized carbons (Fsp3) is 0.125. The first-order valence-corrected chi connectivity index (χ1v) is 8.12. The second-order valence-corrected chi connectivity index (χ2v) is 6.40. The Bertz CT molecular complexity index is 803. The number of benzene rings is 1. The van der Waals surface area contributed by atoms with Crippen LogP contribution >= 0.6 is 31.9 Å². The zero-order valence-corrected chi connectivity index (χ0v) is 14.6. The second-order valence-electron chi connectivity index (χ2n) is 4.79. The summed E-state index contributed by atoms with van der Waals surface area (Å²) >= 11 is 6.98. The molecule has 0 aliphatic carbocycles. The predicted molar refractivity (Wildman–Crippen MR) is 93.4 cm³/mol. The van der Waals surface area contributed by atoms with Crippen molar-refractivity contribution in [2.75, 3.05) is 5.32 Å². The zero-order chi connectivity index (χ0) is 14.8. The minimum Gasteiger partial charge on any atom is -0.380 e. The van der Waals surface area contributed by atoms with Crippen LogP contribution in [0.1, 0.15) is 11.1 Å². The lowest BCUT2D eigenvalue weighted by molar-refractivity contribution is 1.12. The number of aromatic nitrogens is 2. The van der Waals surface area contributed by atoms with Crippen LogP contribution in [0.15, 0.2) is 51.8 Å². The number of aryl methyl sites for hydroxylation is 1. The third-order valence-corrected chi connectivity index (χ3v) is 4.82. The Morgan fingerprint density at radius 2 is 2.00 bits per heavy atom. The van der Waals surface area contributed by atoms with Gasteiger partial charge in [0.15, 0.2) is 0 Å². The first-order valence-electron chi connectivity index (χ1n) is 6.53. The highest BCUT2D eigenvalue weighted by Gasteiger charge is 2.06. The van der Waals surface area contributed by atoms with Gasteiger partial charge in [0.2, 0.25) is 0 Å². The molecular weight excluding hydrogens is 394 g/mol. The Morgan fingerprint density at radius 3 is 2.81 bits per heavy atom. The van der Waals surface area contributed by atoms with Gasteiger partial charge in [-0.3, -0.25) is 4.98 Å². The van der Waals surface area contributed by atoms with Gasteiger partial charge in [-0.15, -0.1) is 0 Å². The molecule has 0 bridgehead atoms. The van der Waals surface area contributed by atoms with E-state index >= 15 is 0 Å². The van der Waals surface area contributed by atoms with Crippen LogP contribution in [0.3, 0.4) is 0 Å². The van der Waals surface area contributed by atoms with Gasteiger partial charge in [-0.05, 0) is 52.2 Å². The maximum absolute atomic E-state index is 4.49. The summed E-state index contributed by atoms with van der Waals surface area (Å²) in [4.78, 5) is 8.79. The minimum absolute atomic E-state index is 0.712. The quantitative estimate of drug-likeness (QED) is 0.616. The number of anilines is 1. The van der Waals surface area contributed by atoms with E-state index in [4.69, 9.17) is 0 Å². The van der Waals surface area contributed by atoms with Gasteiger partial charge in [-0.25, -0.2) is 4.98 Å². The molecule has 0 fully saturated rings. The van der Waals surface area contributed by atoms with E-state index in [-0.39, 0.29) is 0 Å². The average Bonchev–Trinajstić information content (AvgIpc) is 2.50. The minimum atomic E-state index is 0.712. The van der Waals surface area contributed by atoms with Crippen molar-refractivity contribution in [2.45, 2.75) is 13.5 Å². The molecule has 0 saturated heterocycles. The summed E-state index contributed by atoms with van der Waals surface area (Å²) < 4.78 is 1.94. The molecule has 0 amide bonds. The molecule has 0 aliphatic heterocycles. The molecule has 3 aromatic rings. The van der Waals surface area contributed by atoms with E-state index in [0.717, 1.165) is 36.8 Å². The van der Waals surface area contributed by atoms with Crippen LogP contribution in [0, 0.1) is 6.92 Å². The van der Waals surface area contributed by atoms with Crippen molar-refractivity contribution < 1.29 is 0 Å². The fourth-order valence-corrected chi connectivity index (χ4v) is 2.86. The van der Waals surface area contributed by atoms with Crippen molar-refractivity contribution in [3.05, 3.63) is 62.9 Å². The monoisotopic (exact) mass is 405 g/mol. The van der Waals surface area contributed by atoms with Crippen molar-refractivity contribution in [1.82, 2.24) is 9.97 Å². The van der Waals surface area contributed by atoms with Crippen molar-refractivity contribution in [2.24, 2.45) is 0 Å². The molecule has 1 N–H and O–H groups in total. The number of hydrogen-bond donors (Lipinski definition) is 1. The van der Waals surface area contributed by atoms with E-state index < -0.39 is 0 Å². The number of rotatable bonds is 3. The highest BCUT2D eigenvalue weighted by atomic mass is 79.9. The topological polar surface area (TPSA) is 37.8 Å². The molecule has 0 aliphatic rings. The van der Waals surface area contributed by atoms with Crippen molar-refractivity contribution in [3.63, 3.8) is 0 Å². The number of nitrogens with zero attached hydrogens (tertiary/aromatic N) is 2. The van der Waals surface area contributed by atoms with Crippen molar-refractivity contribution >= 4 is 48.5 Å². The lowest BCUT2D eigenvalue weighted by atomic mass is 10.1. The SMILES string of the molecule is Cc1cc(NCc2ccc(Br)c3cccnc23)cnc1Br. The molecule has 0 saturated carbocycles. The molecule has 3 nitrogen and oxygen atoms in total. The Labute approximate surface area is 140 Å². The van der Waals surface area contributed by atoms with E-state index in [1.807, 2.05) is 25.4 Å². The second kappa shape index (κ2) is 6.12. The van der Waals surface area contributed by atoms with Crippen LogP contribution in [0.25, 0.3) is 10.9 Å². The van der Waals surface area contributed by atoms with Crippen LogP contribution < -0.4 is 5.32 Å². The molecular formula is C16H13Br2N3. The van der Waals surface area contributed by atoms with Crippen molar-refractivity contribution in [1.29, 1.82) is 0 Å². The van der Waals surface area contributed by atoms with E-state index in [1.54, 1.807) is 0 Å². The van der Waals surface area contributed by atoms with Gasteiger partial charge < -0.3 is 5.32 Å². The standard InChI is InChI=1S/C16H13Br2N3/c1-10-7-12(9-21-16(10)18)20-8-11-4-5-14(17)13-3-2-6-19-15(11)13/h2-7,9,20H,8H2,1H3. The van der Waals surface area contributed by atoms with Crippen LogP contribution in [0.5, 0.6) is 0 Å². The molecule has 1 aromatic carbocycles. The van der Waals surface area contributed by atoms with Gasteiger partial charge in [-0.2, -0.15) is 0 Å². The lowest BCUT2D eigenvalue weighted by Gasteiger charge is -2.10. The number of hydrogen-bond acceptors (Lipinski definition) is 3. The Morgan fingerprint density at radius 1 is 1.14 bits per heavy atom. The molecule has 0 radical (unpaired) electrons. The summed E-state index contributed by atoms with van der Waals surface area (Å²) in [6.07, 6.45) is 3.65. The first kappa shape index (κ1) is 14.5. The van der Waals surface area contributed by atoms with Crippen LogP contribution in [-0.2, 0) is 6.54 Å². The lowest BCUT2D eigenvalue weighted by Crippen LogP contribution is -2.02. The summed E-state index contributed by atoms with van der Waals surface area (Å²) in [5, 5.41) is 4.53. The number of halogens is 2. The Balaban J connectivity index is 1.88. The van der Waals surface area contributed by atoms with Gasteiger partial charge >= 0.3 is 0 Å². The maximum atomic E-state index is 4.49. The van der Waals surface area contributed by atoms with E-state index in [9.17, 15) is 0 Å².